The summed E-state index contributed by atoms with van der Waals surface area (Å²) in [6, 6.07) is 17.6. The minimum atomic E-state index is -0.661. The number of benzene rings is 2. The number of aromatic nitrogens is 2. The van der Waals surface area contributed by atoms with Gasteiger partial charge in [-0.15, -0.1) is 6.42 Å². The van der Waals surface area contributed by atoms with Crippen molar-refractivity contribution in [2.75, 3.05) is 26.9 Å². The van der Waals surface area contributed by atoms with Gasteiger partial charge in [0.2, 0.25) is 5.88 Å². The molecule has 2 aromatic carbocycles. The van der Waals surface area contributed by atoms with E-state index in [2.05, 4.69) is 31.6 Å². The molecule has 0 aliphatic heterocycles. The Morgan fingerprint density at radius 2 is 1.77 bits per heavy atom. The zero-order valence-corrected chi connectivity index (χ0v) is 21.0. The Hall–Kier alpha value is -3.31. The number of aryl methyl sites for hydroxylation is 1. The van der Waals surface area contributed by atoms with Gasteiger partial charge in [0.15, 0.2) is 0 Å². The number of aliphatic hydroxyl groups is 1. The number of para-hydroxylation sites is 1. The van der Waals surface area contributed by atoms with Crippen molar-refractivity contribution >= 4 is 0 Å². The molecule has 0 radical (unpaired) electrons. The van der Waals surface area contributed by atoms with E-state index in [1.807, 2.05) is 59.3 Å². The highest BCUT2D eigenvalue weighted by molar-refractivity contribution is 5.44. The van der Waals surface area contributed by atoms with E-state index in [1.165, 1.54) is 0 Å². The van der Waals surface area contributed by atoms with Crippen LogP contribution in [0.5, 0.6) is 17.4 Å². The molecule has 0 spiro atoms. The first-order valence-electron chi connectivity index (χ1n) is 11.9. The zero-order chi connectivity index (χ0) is 25.2. The third kappa shape index (κ3) is 7.09. The number of nitrogens with zero attached hydrogens (tertiary/aromatic N) is 3. The van der Waals surface area contributed by atoms with Crippen LogP contribution in [0.2, 0.25) is 0 Å². The molecule has 7 heteroatoms. The zero-order valence-electron chi connectivity index (χ0n) is 21.0. The summed E-state index contributed by atoms with van der Waals surface area (Å²) in [5.74, 6) is 4.53. The maximum atomic E-state index is 10.5. The second-order valence-electron chi connectivity index (χ2n) is 8.51. The maximum absolute atomic E-state index is 10.5. The van der Waals surface area contributed by atoms with Crippen LogP contribution in [0.1, 0.15) is 32.0 Å². The molecule has 35 heavy (non-hydrogen) atoms. The van der Waals surface area contributed by atoms with Gasteiger partial charge in [0.05, 0.1) is 36.8 Å². The fourth-order valence-corrected chi connectivity index (χ4v) is 3.76. The summed E-state index contributed by atoms with van der Waals surface area (Å²) in [4.78, 5) is 2.19. The lowest BCUT2D eigenvalue weighted by Gasteiger charge is -2.29. The average molecular weight is 478 g/mol. The quantitative estimate of drug-likeness (QED) is 0.290. The molecule has 0 aliphatic rings. The van der Waals surface area contributed by atoms with Crippen LogP contribution in [-0.4, -0.2) is 58.8 Å². The smallest absolute Gasteiger partial charge is 0.227 e. The molecule has 3 aromatic rings. The molecule has 0 bridgehead atoms. The number of rotatable bonds is 13. The summed E-state index contributed by atoms with van der Waals surface area (Å²) >= 11 is 0. The van der Waals surface area contributed by atoms with Crippen LogP contribution in [0.4, 0.5) is 0 Å². The van der Waals surface area contributed by atoms with E-state index in [4.69, 9.17) is 25.7 Å². The number of hydrogen-bond acceptors (Lipinski definition) is 6. The topological polar surface area (TPSA) is 69.0 Å². The SMILES string of the molecule is C#CCOCC(O)CN(Cc1c(CC)nn(-c2ccccc2)c1Oc1ccc(OC)cc1)C(C)C. The lowest BCUT2D eigenvalue weighted by Crippen LogP contribution is -2.39. The van der Waals surface area contributed by atoms with Crippen molar-refractivity contribution in [3.63, 3.8) is 0 Å². The molecule has 7 nitrogen and oxygen atoms in total. The van der Waals surface area contributed by atoms with Gasteiger partial charge >= 0.3 is 0 Å². The summed E-state index contributed by atoms with van der Waals surface area (Å²) in [5.41, 5.74) is 2.84. The number of terminal acetylenes is 1. The summed E-state index contributed by atoms with van der Waals surface area (Å²) in [6.07, 6.45) is 5.33. The first kappa shape index (κ1) is 26.3. The first-order valence-corrected chi connectivity index (χ1v) is 11.9. The Morgan fingerprint density at radius 3 is 2.37 bits per heavy atom. The van der Waals surface area contributed by atoms with E-state index < -0.39 is 6.10 Å². The van der Waals surface area contributed by atoms with Crippen LogP contribution in [-0.2, 0) is 17.7 Å². The summed E-state index contributed by atoms with van der Waals surface area (Å²) in [6.45, 7) is 7.66. The lowest BCUT2D eigenvalue weighted by atomic mass is 10.1. The van der Waals surface area contributed by atoms with Crippen LogP contribution in [0.3, 0.4) is 0 Å². The van der Waals surface area contributed by atoms with Crippen molar-refractivity contribution in [3.05, 3.63) is 65.9 Å². The molecule has 1 atom stereocenters. The Kier molecular flexibility index (Phi) is 9.74. The van der Waals surface area contributed by atoms with E-state index in [-0.39, 0.29) is 19.3 Å². The van der Waals surface area contributed by atoms with Gasteiger partial charge in [-0.25, -0.2) is 4.68 Å². The van der Waals surface area contributed by atoms with Gasteiger partial charge < -0.3 is 19.3 Å². The molecular formula is C28H35N3O4. The van der Waals surface area contributed by atoms with Crippen LogP contribution in [0, 0.1) is 12.3 Å². The van der Waals surface area contributed by atoms with Gasteiger partial charge in [-0.05, 0) is 56.7 Å². The van der Waals surface area contributed by atoms with Crippen LogP contribution < -0.4 is 9.47 Å². The molecule has 0 saturated carbocycles. The molecule has 1 N–H and O–H groups in total. The molecule has 1 heterocycles. The molecule has 3 rings (SSSR count). The van der Waals surface area contributed by atoms with Crippen LogP contribution in [0.25, 0.3) is 5.69 Å². The van der Waals surface area contributed by atoms with E-state index in [0.717, 1.165) is 29.1 Å². The molecule has 186 valence electrons. The van der Waals surface area contributed by atoms with Crippen molar-refractivity contribution in [1.29, 1.82) is 0 Å². The average Bonchev–Trinajstić information content (AvgIpc) is 3.21. The Bertz CT molecular complexity index is 1090. The second-order valence-corrected chi connectivity index (χ2v) is 8.51. The van der Waals surface area contributed by atoms with E-state index >= 15 is 0 Å². The summed E-state index contributed by atoms with van der Waals surface area (Å²) in [5, 5.41) is 15.4. The largest absolute Gasteiger partial charge is 0.497 e. The van der Waals surface area contributed by atoms with Gasteiger partial charge in [0.1, 0.15) is 18.1 Å². The van der Waals surface area contributed by atoms with E-state index in [0.29, 0.717) is 24.7 Å². The Morgan fingerprint density at radius 1 is 1.09 bits per heavy atom. The minimum Gasteiger partial charge on any atom is -0.497 e. The fraction of sp³-hybridized carbons (Fsp3) is 0.393. The van der Waals surface area contributed by atoms with Gasteiger partial charge in [0, 0.05) is 19.1 Å². The molecule has 0 amide bonds. The van der Waals surface area contributed by atoms with Gasteiger partial charge in [0.25, 0.3) is 0 Å². The summed E-state index contributed by atoms with van der Waals surface area (Å²) in [7, 11) is 1.64. The first-order chi connectivity index (χ1) is 17.0. The standard InChI is InChI=1S/C28H35N3O4/c1-6-17-34-20-23(32)18-30(21(3)4)19-26-27(7-2)29-31(22-11-9-8-10-12-22)28(26)35-25-15-13-24(33-5)14-16-25/h1,8-16,21,23,32H,7,17-20H2,2-5H3. The normalized spacial score (nSPS) is 12.1. The van der Waals surface area contributed by atoms with Crippen molar-refractivity contribution < 1.29 is 19.3 Å². The third-order valence-electron chi connectivity index (χ3n) is 5.66. The monoisotopic (exact) mass is 477 g/mol. The highest BCUT2D eigenvalue weighted by atomic mass is 16.5. The number of aliphatic hydroxyl groups excluding tert-OH is 1. The molecule has 1 unspecified atom stereocenters. The van der Waals surface area contributed by atoms with Crippen molar-refractivity contribution in [3.8, 4) is 35.4 Å². The highest BCUT2D eigenvalue weighted by Crippen LogP contribution is 2.33. The predicted molar refractivity (Wildman–Crippen MR) is 137 cm³/mol. The molecule has 0 aliphatic carbocycles. The fourth-order valence-electron chi connectivity index (χ4n) is 3.76. The third-order valence-corrected chi connectivity index (χ3v) is 5.66. The lowest BCUT2D eigenvalue weighted by molar-refractivity contribution is 0.0190. The number of methoxy groups -OCH3 is 1. The molecule has 1 aromatic heterocycles. The predicted octanol–water partition coefficient (Wildman–Crippen LogP) is 4.46. The Balaban J connectivity index is 1.97. The second kappa shape index (κ2) is 13.0. The van der Waals surface area contributed by atoms with Crippen molar-refractivity contribution in [2.24, 2.45) is 0 Å². The number of ether oxygens (including phenoxy) is 3. The van der Waals surface area contributed by atoms with E-state index in [9.17, 15) is 5.11 Å². The summed E-state index contributed by atoms with van der Waals surface area (Å²) < 4.78 is 18.9. The van der Waals surface area contributed by atoms with Gasteiger partial charge in [-0.2, -0.15) is 5.10 Å². The minimum absolute atomic E-state index is 0.177. The maximum Gasteiger partial charge on any atom is 0.227 e. The van der Waals surface area contributed by atoms with Gasteiger partial charge in [-0.3, -0.25) is 4.90 Å². The van der Waals surface area contributed by atoms with Crippen LogP contribution in [0.15, 0.2) is 54.6 Å². The number of hydrogen-bond donors (Lipinski definition) is 1. The molecule has 0 fully saturated rings. The highest BCUT2D eigenvalue weighted by Gasteiger charge is 2.25. The van der Waals surface area contributed by atoms with Crippen molar-refractivity contribution in [1.82, 2.24) is 14.7 Å². The molecular weight excluding hydrogens is 442 g/mol. The van der Waals surface area contributed by atoms with Crippen LogP contribution >= 0.6 is 0 Å². The van der Waals surface area contributed by atoms with Crippen molar-refractivity contribution in [2.45, 2.75) is 45.9 Å². The Labute approximate surface area is 208 Å². The van der Waals surface area contributed by atoms with Gasteiger partial charge in [-0.1, -0.05) is 31.0 Å². The van der Waals surface area contributed by atoms with E-state index in [1.54, 1.807) is 7.11 Å². The molecule has 0 saturated heterocycles.